The van der Waals surface area contributed by atoms with Crippen molar-refractivity contribution in [3.05, 3.63) is 0 Å². The average molecular weight is 241 g/mol. The van der Waals surface area contributed by atoms with E-state index in [2.05, 4.69) is 19.2 Å². The first-order valence-electron chi connectivity index (χ1n) is 7.38. The van der Waals surface area contributed by atoms with Gasteiger partial charge in [-0.2, -0.15) is 0 Å². The summed E-state index contributed by atoms with van der Waals surface area (Å²) in [5.74, 6) is 0.759. The van der Waals surface area contributed by atoms with Crippen LogP contribution in [-0.2, 0) is 4.74 Å². The zero-order chi connectivity index (χ0) is 12.6. The molecule has 0 radical (unpaired) electrons. The number of hydrogen-bond donors (Lipinski definition) is 1. The quantitative estimate of drug-likeness (QED) is 0.656. The van der Waals surface area contributed by atoms with Crippen molar-refractivity contribution in [1.82, 2.24) is 5.32 Å². The Morgan fingerprint density at radius 1 is 1.18 bits per heavy atom. The molecule has 17 heavy (non-hydrogen) atoms. The van der Waals surface area contributed by atoms with Gasteiger partial charge in [0.1, 0.15) is 0 Å². The SMILES string of the molecule is COCCCC1(CNCC(C)C)CCCCC1. The molecule has 0 bridgehead atoms. The molecule has 0 atom stereocenters. The van der Waals surface area contributed by atoms with E-state index in [-0.39, 0.29) is 0 Å². The largest absolute Gasteiger partial charge is 0.385 e. The number of methoxy groups -OCH3 is 1. The van der Waals surface area contributed by atoms with Crippen molar-refractivity contribution in [3.8, 4) is 0 Å². The van der Waals surface area contributed by atoms with E-state index in [1.165, 1.54) is 51.5 Å². The molecule has 0 unspecified atom stereocenters. The summed E-state index contributed by atoms with van der Waals surface area (Å²) in [6.07, 6.45) is 9.69. The molecule has 0 saturated heterocycles. The normalized spacial score (nSPS) is 19.8. The van der Waals surface area contributed by atoms with Crippen molar-refractivity contribution in [1.29, 1.82) is 0 Å². The van der Waals surface area contributed by atoms with E-state index in [1.54, 1.807) is 0 Å². The molecule has 1 aliphatic rings. The van der Waals surface area contributed by atoms with Crippen LogP contribution < -0.4 is 5.32 Å². The fraction of sp³-hybridized carbons (Fsp3) is 1.00. The summed E-state index contributed by atoms with van der Waals surface area (Å²) in [5.41, 5.74) is 0.575. The summed E-state index contributed by atoms with van der Waals surface area (Å²) in [7, 11) is 1.81. The molecule has 1 fully saturated rings. The molecule has 2 heteroatoms. The van der Waals surface area contributed by atoms with Crippen molar-refractivity contribution in [2.75, 3.05) is 26.8 Å². The molecular formula is C15H31NO. The van der Waals surface area contributed by atoms with Gasteiger partial charge in [0, 0.05) is 20.3 Å². The van der Waals surface area contributed by atoms with Gasteiger partial charge in [-0.25, -0.2) is 0 Å². The third-order valence-electron chi connectivity index (χ3n) is 4.02. The Bertz CT molecular complexity index is 185. The lowest BCUT2D eigenvalue weighted by molar-refractivity contribution is 0.129. The third-order valence-corrected chi connectivity index (χ3v) is 4.02. The fourth-order valence-corrected chi connectivity index (χ4v) is 3.03. The molecule has 0 aromatic carbocycles. The molecule has 102 valence electrons. The van der Waals surface area contributed by atoms with Gasteiger partial charge in [-0.15, -0.1) is 0 Å². The number of rotatable bonds is 8. The molecule has 1 saturated carbocycles. The van der Waals surface area contributed by atoms with Crippen LogP contribution in [0.5, 0.6) is 0 Å². The van der Waals surface area contributed by atoms with Crippen LogP contribution in [0, 0.1) is 11.3 Å². The highest BCUT2D eigenvalue weighted by atomic mass is 16.5. The Morgan fingerprint density at radius 2 is 1.88 bits per heavy atom. The van der Waals surface area contributed by atoms with Gasteiger partial charge < -0.3 is 10.1 Å². The Kier molecular flexibility index (Phi) is 7.14. The first-order chi connectivity index (χ1) is 8.18. The summed E-state index contributed by atoms with van der Waals surface area (Å²) in [4.78, 5) is 0. The third kappa shape index (κ3) is 5.87. The maximum atomic E-state index is 5.20. The second kappa shape index (κ2) is 8.10. The highest BCUT2D eigenvalue weighted by molar-refractivity contribution is 4.85. The predicted octanol–water partition coefficient (Wildman–Crippen LogP) is 3.61. The Balaban J connectivity index is 2.34. The molecule has 1 N–H and O–H groups in total. The van der Waals surface area contributed by atoms with Gasteiger partial charge in [-0.1, -0.05) is 33.1 Å². The van der Waals surface area contributed by atoms with Gasteiger partial charge in [0.15, 0.2) is 0 Å². The maximum Gasteiger partial charge on any atom is 0.0462 e. The van der Waals surface area contributed by atoms with Gasteiger partial charge in [-0.3, -0.25) is 0 Å². The van der Waals surface area contributed by atoms with Crippen LogP contribution >= 0.6 is 0 Å². The van der Waals surface area contributed by atoms with Gasteiger partial charge in [-0.05, 0) is 43.6 Å². The van der Waals surface area contributed by atoms with Crippen LogP contribution in [0.25, 0.3) is 0 Å². The molecular weight excluding hydrogens is 210 g/mol. The van der Waals surface area contributed by atoms with E-state index in [0.717, 1.165) is 19.1 Å². The Morgan fingerprint density at radius 3 is 2.47 bits per heavy atom. The fourth-order valence-electron chi connectivity index (χ4n) is 3.03. The lowest BCUT2D eigenvalue weighted by atomic mass is 9.71. The van der Waals surface area contributed by atoms with Crippen molar-refractivity contribution in [2.24, 2.45) is 11.3 Å². The highest BCUT2D eigenvalue weighted by Gasteiger charge is 2.30. The van der Waals surface area contributed by atoms with Crippen molar-refractivity contribution in [3.63, 3.8) is 0 Å². The number of hydrogen-bond acceptors (Lipinski definition) is 2. The minimum atomic E-state index is 0.575. The van der Waals surface area contributed by atoms with Crippen LogP contribution in [0.4, 0.5) is 0 Å². The molecule has 0 spiro atoms. The van der Waals surface area contributed by atoms with Gasteiger partial charge in [0.05, 0.1) is 0 Å². The molecule has 2 nitrogen and oxygen atoms in total. The van der Waals surface area contributed by atoms with Crippen molar-refractivity contribution < 1.29 is 4.74 Å². The lowest BCUT2D eigenvalue weighted by Crippen LogP contribution is -2.37. The van der Waals surface area contributed by atoms with Crippen LogP contribution in [0.3, 0.4) is 0 Å². The molecule has 0 aromatic rings. The van der Waals surface area contributed by atoms with E-state index in [0.29, 0.717) is 5.41 Å². The van der Waals surface area contributed by atoms with Crippen molar-refractivity contribution in [2.45, 2.75) is 58.8 Å². The van der Waals surface area contributed by atoms with Gasteiger partial charge >= 0.3 is 0 Å². The minimum Gasteiger partial charge on any atom is -0.385 e. The Labute approximate surface area is 108 Å². The average Bonchev–Trinajstić information content (AvgIpc) is 2.30. The number of ether oxygens (including phenoxy) is 1. The monoisotopic (exact) mass is 241 g/mol. The van der Waals surface area contributed by atoms with E-state index in [4.69, 9.17) is 4.74 Å². The highest BCUT2D eigenvalue weighted by Crippen LogP contribution is 2.39. The second-order valence-corrected chi connectivity index (χ2v) is 6.18. The zero-order valence-corrected chi connectivity index (χ0v) is 12.1. The topological polar surface area (TPSA) is 21.3 Å². The van der Waals surface area contributed by atoms with Gasteiger partial charge in [0.2, 0.25) is 0 Å². The minimum absolute atomic E-state index is 0.575. The van der Waals surface area contributed by atoms with E-state index < -0.39 is 0 Å². The second-order valence-electron chi connectivity index (χ2n) is 6.18. The van der Waals surface area contributed by atoms with Crippen LogP contribution in [0.1, 0.15) is 58.8 Å². The van der Waals surface area contributed by atoms with Crippen LogP contribution in [-0.4, -0.2) is 26.8 Å². The molecule has 1 aliphatic carbocycles. The first-order valence-corrected chi connectivity index (χ1v) is 7.38. The smallest absolute Gasteiger partial charge is 0.0462 e. The van der Waals surface area contributed by atoms with E-state index in [1.807, 2.05) is 7.11 Å². The van der Waals surface area contributed by atoms with Crippen LogP contribution in [0.2, 0.25) is 0 Å². The molecule has 0 aliphatic heterocycles. The summed E-state index contributed by atoms with van der Waals surface area (Å²) in [6.45, 7) is 7.86. The van der Waals surface area contributed by atoms with Crippen molar-refractivity contribution >= 4 is 0 Å². The maximum absolute atomic E-state index is 5.20. The summed E-state index contributed by atoms with van der Waals surface area (Å²) < 4.78 is 5.20. The Hall–Kier alpha value is -0.0800. The van der Waals surface area contributed by atoms with Gasteiger partial charge in [0.25, 0.3) is 0 Å². The van der Waals surface area contributed by atoms with E-state index in [9.17, 15) is 0 Å². The van der Waals surface area contributed by atoms with Crippen LogP contribution in [0.15, 0.2) is 0 Å². The lowest BCUT2D eigenvalue weighted by Gasteiger charge is -2.38. The zero-order valence-electron chi connectivity index (χ0n) is 12.1. The molecule has 0 amide bonds. The van der Waals surface area contributed by atoms with E-state index >= 15 is 0 Å². The summed E-state index contributed by atoms with van der Waals surface area (Å²) in [5, 5.41) is 3.68. The molecule has 0 heterocycles. The predicted molar refractivity (Wildman–Crippen MR) is 74.3 cm³/mol. The number of nitrogens with one attached hydrogen (secondary N) is 1. The standard InChI is InChI=1S/C15H31NO/c1-14(2)12-16-13-15(10-7-11-17-3)8-5-4-6-9-15/h14,16H,4-13H2,1-3H3. The molecule has 0 aromatic heterocycles. The first kappa shape index (κ1) is 15.0. The summed E-state index contributed by atoms with van der Waals surface area (Å²) in [6, 6.07) is 0. The summed E-state index contributed by atoms with van der Waals surface area (Å²) >= 11 is 0. The molecule has 1 rings (SSSR count).